The highest BCUT2D eigenvalue weighted by molar-refractivity contribution is 7.80. The van der Waals surface area contributed by atoms with E-state index in [4.69, 9.17) is 10.5 Å². The van der Waals surface area contributed by atoms with Crippen LogP contribution in [0.25, 0.3) is 0 Å². The summed E-state index contributed by atoms with van der Waals surface area (Å²) in [4.78, 5) is 0. The molecule has 0 aliphatic rings. The lowest BCUT2D eigenvalue weighted by atomic mass is 10.2. The Balaban J connectivity index is 2.61. The van der Waals surface area contributed by atoms with E-state index in [1.807, 2.05) is 6.92 Å². The first-order chi connectivity index (χ1) is 8.63. The molecule has 0 spiro atoms. The van der Waals surface area contributed by atoms with E-state index in [2.05, 4.69) is 22.7 Å². The highest BCUT2D eigenvalue weighted by Crippen LogP contribution is 2.17. The molecule has 3 N–H and O–H groups in total. The Morgan fingerprint density at radius 2 is 2.39 bits per heavy atom. The van der Waals surface area contributed by atoms with Crippen LogP contribution in [0.5, 0.6) is 5.75 Å². The number of unbranched alkanes of at least 4 members (excludes halogenated alkanes) is 1. The van der Waals surface area contributed by atoms with Crippen molar-refractivity contribution in [2.24, 2.45) is 10.8 Å². The molecule has 0 atom stereocenters. The summed E-state index contributed by atoms with van der Waals surface area (Å²) >= 11 is 4.58. The average Bonchev–Trinajstić information content (AvgIpc) is 2.31. The molecule has 98 valence electrons. The quantitative estimate of drug-likeness (QED) is 0.360. The predicted octanol–water partition coefficient (Wildman–Crippen LogP) is 2.17. The summed E-state index contributed by atoms with van der Waals surface area (Å²) in [7, 11) is 0. The van der Waals surface area contributed by atoms with Crippen LogP contribution in [0.3, 0.4) is 0 Å². The number of hydrogen-bond acceptors (Lipinski definition) is 3. The van der Waals surface area contributed by atoms with Gasteiger partial charge in [-0.2, -0.15) is 5.10 Å². The minimum Gasteiger partial charge on any atom is -0.491 e. The van der Waals surface area contributed by atoms with Gasteiger partial charge in [-0.05, 0) is 42.4 Å². The number of ether oxygens (including phenoxy) is 1. The predicted molar refractivity (Wildman–Crippen MR) is 74.3 cm³/mol. The lowest BCUT2D eigenvalue weighted by molar-refractivity contribution is 0.294. The van der Waals surface area contributed by atoms with E-state index in [0.717, 1.165) is 12.8 Å². The molecule has 0 aliphatic heterocycles. The molecule has 1 aromatic carbocycles. The lowest BCUT2D eigenvalue weighted by Crippen LogP contribution is -2.23. The lowest BCUT2D eigenvalue weighted by Gasteiger charge is -2.06. The largest absolute Gasteiger partial charge is 0.491 e. The van der Waals surface area contributed by atoms with Crippen molar-refractivity contribution in [1.82, 2.24) is 5.43 Å². The fourth-order valence-corrected chi connectivity index (χ4v) is 1.26. The number of halogens is 1. The third-order valence-corrected chi connectivity index (χ3v) is 2.19. The van der Waals surface area contributed by atoms with Crippen LogP contribution < -0.4 is 15.9 Å². The molecule has 6 heteroatoms. The zero-order valence-corrected chi connectivity index (χ0v) is 11.0. The number of nitrogens with one attached hydrogen (secondary N) is 1. The van der Waals surface area contributed by atoms with Crippen molar-refractivity contribution in [3.63, 3.8) is 0 Å². The summed E-state index contributed by atoms with van der Waals surface area (Å²) in [6.07, 6.45) is 3.34. The SMILES string of the molecule is CCCCOc1ccc(C=NNC(N)=S)cc1F. The Labute approximate surface area is 111 Å². The molecule has 0 heterocycles. The highest BCUT2D eigenvalue weighted by atomic mass is 32.1. The number of nitrogens with zero attached hydrogens (tertiary/aromatic N) is 1. The van der Waals surface area contributed by atoms with Crippen LogP contribution in [-0.4, -0.2) is 17.9 Å². The minimum absolute atomic E-state index is 0.0613. The van der Waals surface area contributed by atoms with Gasteiger partial charge in [0, 0.05) is 0 Å². The van der Waals surface area contributed by atoms with Gasteiger partial charge >= 0.3 is 0 Å². The van der Waals surface area contributed by atoms with Crippen LogP contribution in [0.2, 0.25) is 0 Å². The van der Waals surface area contributed by atoms with E-state index in [-0.39, 0.29) is 10.9 Å². The number of hydrazone groups is 1. The maximum absolute atomic E-state index is 13.6. The van der Waals surface area contributed by atoms with E-state index < -0.39 is 5.82 Å². The molecular weight excluding hydrogens is 253 g/mol. The number of benzene rings is 1. The normalized spacial score (nSPS) is 10.6. The second kappa shape index (κ2) is 7.60. The molecule has 0 unspecified atom stereocenters. The Morgan fingerprint density at radius 1 is 1.61 bits per heavy atom. The molecule has 0 amide bonds. The van der Waals surface area contributed by atoms with Crippen molar-refractivity contribution < 1.29 is 9.13 Å². The Bertz CT molecular complexity index is 437. The van der Waals surface area contributed by atoms with Gasteiger partial charge < -0.3 is 10.5 Å². The summed E-state index contributed by atoms with van der Waals surface area (Å²) in [6, 6.07) is 4.62. The number of nitrogens with two attached hydrogens (primary N) is 1. The van der Waals surface area contributed by atoms with Crippen molar-refractivity contribution >= 4 is 23.5 Å². The maximum Gasteiger partial charge on any atom is 0.184 e. The smallest absolute Gasteiger partial charge is 0.184 e. The zero-order chi connectivity index (χ0) is 13.4. The first kappa shape index (κ1) is 14.4. The fourth-order valence-electron chi connectivity index (χ4n) is 1.21. The number of rotatable bonds is 6. The Morgan fingerprint density at radius 3 is 3.00 bits per heavy atom. The number of thiocarbonyl (C=S) groups is 1. The van der Waals surface area contributed by atoms with Gasteiger partial charge in [0.05, 0.1) is 12.8 Å². The molecule has 0 fully saturated rings. The molecule has 0 saturated carbocycles. The molecule has 0 aliphatic carbocycles. The van der Waals surface area contributed by atoms with E-state index in [0.29, 0.717) is 12.2 Å². The second-order valence-corrected chi connectivity index (χ2v) is 4.07. The van der Waals surface area contributed by atoms with E-state index in [1.165, 1.54) is 12.3 Å². The van der Waals surface area contributed by atoms with Gasteiger partial charge in [-0.1, -0.05) is 13.3 Å². The standard InChI is InChI=1S/C12H16FN3OS/c1-2-3-6-17-11-5-4-9(7-10(11)13)8-15-16-12(14)18/h4-5,7-8H,2-3,6H2,1H3,(H3,14,16,18). The summed E-state index contributed by atoms with van der Waals surface area (Å²) < 4.78 is 18.9. The molecule has 0 aromatic heterocycles. The number of hydrogen-bond donors (Lipinski definition) is 2. The molecule has 18 heavy (non-hydrogen) atoms. The van der Waals surface area contributed by atoms with Gasteiger partial charge in [0.1, 0.15) is 0 Å². The van der Waals surface area contributed by atoms with Gasteiger partial charge in [-0.15, -0.1) is 0 Å². The van der Waals surface area contributed by atoms with Crippen LogP contribution in [0.1, 0.15) is 25.3 Å². The van der Waals surface area contributed by atoms with E-state index >= 15 is 0 Å². The van der Waals surface area contributed by atoms with Crippen molar-refractivity contribution in [3.05, 3.63) is 29.6 Å². The van der Waals surface area contributed by atoms with E-state index in [9.17, 15) is 4.39 Å². The zero-order valence-electron chi connectivity index (χ0n) is 10.1. The molecule has 0 bridgehead atoms. The Kier molecular flexibility index (Phi) is 6.07. The summed E-state index contributed by atoms with van der Waals surface area (Å²) in [6.45, 7) is 2.57. The summed E-state index contributed by atoms with van der Waals surface area (Å²) in [5.41, 5.74) is 8.18. The molecular formula is C12H16FN3OS. The van der Waals surface area contributed by atoms with Gasteiger partial charge in [-0.3, -0.25) is 5.43 Å². The third-order valence-electron chi connectivity index (χ3n) is 2.10. The van der Waals surface area contributed by atoms with Gasteiger partial charge in [0.25, 0.3) is 0 Å². The van der Waals surface area contributed by atoms with Crippen LogP contribution in [0, 0.1) is 5.82 Å². The molecule has 0 saturated heterocycles. The van der Waals surface area contributed by atoms with Crippen LogP contribution in [0.4, 0.5) is 4.39 Å². The third kappa shape index (κ3) is 5.09. The monoisotopic (exact) mass is 269 g/mol. The van der Waals surface area contributed by atoms with Crippen LogP contribution in [-0.2, 0) is 0 Å². The van der Waals surface area contributed by atoms with Gasteiger partial charge in [0.15, 0.2) is 16.7 Å². The first-order valence-electron chi connectivity index (χ1n) is 5.64. The molecule has 1 aromatic rings. The minimum atomic E-state index is -0.412. The van der Waals surface area contributed by atoms with Crippen molar-refractivity contribution in [2.45, 2.75) is 19.8 Å². The first-order valence-corrected chi connectivity index (χ1v) is 6.05. The van der Waals surface area contributed by atoms with Crippen LogP contribution >= 0.6 is 12.2 Å². The van der Waals surface area contributed by atoms with Crippen molar-refractivity contribution in [1.29, 1.82) is 0 Å². The fraction of sp³-hybridized carbons (Fsp3) is 0.333. The van der Waals surface area contributed by atoms with Gasteiger partial charge in [0.2, 0.25) is 0 Å². The molecule has 4 nitrogen and oxygen atoms in total. The highest BCUT2D eigenvalue weighted by Gasteiger charge is 2.03. The van der Waals surface area contributed by atoms with Crippen molar-refractivity contribution in [3.8, 4) is 5.75 Å². The molecule has 1 rings (SSSR count). The Hall–Kier alpha value is -1.69. The second-order valence-electron chi connectivity index (χ2n) is 3.63. The summed E-state index contributed by atoms with van der Waals surface area (Å²) in [5, 5.41) is 3.80. The van der Waals surface area contributed by atoms with Crippen LogP contribution in [0.15, 0.2) is 23.3 Å². The van der Waals surface area contributed by atoms with E-state index in [1.54, 1.807) is 12.1 Å². The molecule has 0 radical (unpaired) electrons. The summed E-state index contributed by atoms with van der Waals surface area (Å²) in [5.74, 6) is -0.159. The van der Waals surface area contributed by atoms with Crippen molar-refractivity contribution in [2.75, 3.05) is 6.61 Å². The average molecular weight is 269 g/mol. The van der Waals surface area contributed by atoms with Gasteiger partial charge in [-0.25, -0.2) is 4.39 Å². The maximum atomic E-state index is 13.6. The topological polar surface area (TPSA) is 59.6 Å².